The van der Waals surface area contributed by atoms with E-state index in [4.69, 9.17) is 0 Å². The molecule has 1 aromatic carbocycles. The van der Waals surface area contributed by atoms with E-state index in [1.165, 1.54) is 28.5 Å². The van der Waals surface area contributed by atoms with Crippen LogP contribution in [0.2, 0.25) is 0 Å². The van der Waals surface area contributed by atoms with Crippen LogP contribution in [0.15, 0.2) is 29.6 Å². The molecule has 2 atom stereocenters. The van der Waals surface area contributed by atoms with Crippen LogP contribution < -0.4 is 5.32 Å². The Morgan fingerprint density at radius 1 is 1.22 bits per heavy atom. The Bertz CT molecular complexity index is 695. The zero-order chi connectivity index (χ0) is 15.6. The number of nitrogens with zero attached hydrogens (tertiary/aromatic N) is 1. The molecule has 1 amide bonds. The maximum atomic E-state index is 12.5. The molecule has 2 unspecified atom stereocenters. The number of hydrogen-bond acceptors (Lipinski definition) is 3. The van der Waals surface area contributed by atoms with Gasteiger partial charge in [-0.05, 0) is 54.5 Å². The lowest BCUT2D eigenvalue weighted by atomic mass is 10.1. The SMILES string of the molecule is O=C(CCCc1csc2ccccc12)N1CCC2CCC(C1)N2. The second-order valence-electron chi connectivity index (χ2n) is 6.88. The van der Waals surface area contributed by atoms with Crippen molar-refractivity contribution in [3.05, 3.63) is 35.2 Å². The van der Waals surface area contributed by atoms with E-state index >= 15 is 0 Å². The van der Waals surface area contributed by atoms with E-state index in [1.807, 2.05) is 11.3 Å². The van der Waals surface area contributed by atoms with Gasteiger partial charge in [0.1, 0.15) is 0 Å². The third kappa shape index (κ3) is 3.29. The van der Waals surface area contributed by atoms with Crippen LogP contribution >= 0.6 is 11.3 Å². The van der Waals surface area contributed by atoms with Crippen molar-refractivity contribution >= 4 is 27.3 Å². The second-order valence-corrected chi connectivity index (χ2v) is 7.79. The quantitative estimate of drug-likeness (QED) is 0.930. The fraction of sp³-hybridized carbons (Fsp3) is 0.526. The number of thiophene rings is 1. The number of likely N-dealkylation sites (tertiary alicyclic amines) is 1. The number of rotatable bonds is 4. The zero-order valence-corrected chi connectivity index (χ0v) is 14.3. The highest BCUT2D eigenvalue weighted by molar-refractivity contribution is 7.17. The molecule has 2 bridgehead atoms. The normalized spacial score (nSPS) is 24.1. The first-order valence-corrected chi connectivity index (χ1v) is 9.66. The van der Waals surface area contributed by atoms with Gasteiger partial charge in [0, 0.05) is 36.3 Å². The Labute approximate surface area is 141 Å². The third-order valence-electron chi connectivity index (χ3n) is 5.27. The predicted octanol–water partition coefficient (Wildman–Crippen LogP) is 3.58. The lowest BCUT2D eigenvalue weighted by Crippen LogP contribution is -2.38. The van der Waals surface area contributed by atoms with Gasteiger partial charge in [0.05, 0.1) is 0 Å². The molecule has 122 valence electrons. The standard InChI is InChI=1S/C19H24N2OS/c22-19(21-11-10-15-8-9-16(12-21)20-15)7-3-4-14-13-23-18-6-2-1-5-17(14)18/h1-2,5-6,13,15-16,20H,3-4,7-12H2. The average molecular weight is 328 g/mol. The van der Waals surface area contributed by atoms with Crippen molar-refractivity contribution in [2.24, 2.45) is 0 Å². The molecule has 2 aliphatic heterocycles. The van der Waals surface area contributed by atoms with Gasteiger partial charge in [-0.25, -0.2) is 0 Å². The molecule has 1 N–H and O–H groups in total. The Hall–Kier alpha value is -1.39. The molecule has 2 aromatic rings. The number of amides is 1. The fourth-order valence-electron chi connectivity index (χ4n) is 3.98. The van der Waals surface area contributed by atoms with Crippen LogP contribution in [0.1, 0.15) is 37.7 Å². The van der Waals surface area contributed by atoms with E-state index in [2.05, 4.69) is 39.9 Å². The first-order chi connectivity index (χ1) is 11.3. The molecular weight excluding hydrogens is 304 g/mol. The molecule has 0 aliphatic carbocycles. The van der Waals surface area contributed by atoms with Gasteiger partial charge >= 0.3 is 0 Å². The van der Waals surface area contributed by atoms with Crippen molar-refractivity contribution in [3.8, 4) is 0 Å². The topological polar surface area (TPSA) is 32.3 Å². The van der Waals surface area contributed by atoms with Crippen molar-refractivity contribution in [3.63, 3.8) is 0 Å². The summed E-state index contributed by atoms with van der Waals surface area (Å²) >= 11 is 1.81. The highest BCUT2D eigenvalue weighted by atomic mass is 32.1. The number of hydrogen-bond donors (Lipinski definition) is 1. The summed E-state index contributed by atoms with van der Waals surface area (Å²) in [6.45, 7) is 1.85. The van der Waals surface area contributed by atoms with Gasteiger partial charge in [0.15, 0.2) is 0 Å². The number of fused-ring (bicyclic) bond motifs is 3. The lowest BCUT2D eigenvalue weighted by Gasteiger charge is -2.24. The van der Waals surface area contributed by atoms with E-state index in [1.54, 1.807) is 0 Å². The summed E-state index contributed by atoms with van der Waals surface area (Å²) in [6, 6.07) is 9.74. The minimum absolute atomic E-state index is 0.346. The second kappa shape index (κ2) is 6.62. The Balaban J connectivity index is 1.31. The van der Waals surface area contributed by atoms with Gasteiger partial charge in [-0.15, -0.1) is 11.3 Å². The number of benzene rings is 1. The third-order valence-corrected chi connectivity index (χ3v) is 6.29. The van der Waals surface area contributed by atoms with E-state index in [0.717, 1.165) is 32.4 Å². The molecule has 0 spiro atoms. The largest absolute Gasteiger partial charge is 0.341 e. The van der Waals surface area contributed by atoms with Crippen molar-refractivity contribution in [1.29, 1.82) is 0 Å². The Morgan fingerprint density at radius 3 is 3.04 bits per heavy atom. The highest BCUT2D eigenvalue weighted by Gasteiger charge is 2.30. The minimum Gasteiger partial charge on any atom is -0.341 e. The molecule has 0 saturated carbocycles. The molecule has 3 heterocycles. The molecule has 3 nitrogen and oxygen atoms in total. The number of aryl methyl sites for hydroxylation is 1. The van der Waals surface area contributed by atoms with Crippen LogP contribution in [0.25, 0.3) is 10.1 Å². The maximum absolute atomic E-state index is 12.5. The summed E-state index contributed by atoms with van der Waals surface area (Å²) in [6.07, 6.45) is 6.29. The first kappa shape index (κ1) is 15.2. The molecule has 0 radical (unpaired) electrons. The summed E-state index contributed by atoms with van der Waals surface area (Å²) in [5.41, 5.74) is 1.40. The van der Waals surface area contributed by atoms with Crippen molar-refractivity contribution in [1.82, 2.24) is 10.2 Å². The maximum Gasteiger partial charge on any atom is 0.222 e. The summed E-state index contributed by atoms with van der Waals surface area (Å²) in [5, 5.41) is 7.26. The van der Waals surface area contributed by atoms with Crippen LogP contribution in [0.3, 0.4) is 0 Å². The van der Waals surface area contributed by atoms with Gasteiger partial charge in [0.25, 0.3) is 0 Å². The average Bonchev–Trinajstić information content (AvgIpc) is 3.11. The smallest absolute Gasteiger partial charge is 0.222 e. The molecule has 1 aromatic heterocycles. The molecule has 4 rings (SSSR count). The summed E-state index contributed by atoms with van der Waals surface area (Å²) < 4.78 is 1.35. The van der Waals surface area contributed by atoms with E-state index < -0.39 is 0 Å². The number of carbonyl (C=O) groups is 1. The summed E-state index contributed by atoms with van der Waals surface area (Å²) in [4.78, 5) is 14.6. The van der Waals surface area contributed by atoms with Crippen LogP contribution in [0, 0.1) is 0 Å². The monoisotopic (exact) mass is 328 g/mol. The van der Waals surface area contributed by atoms with Crippen molar-refractivity contribution < 1.29 is 4.79 Å². The van der Waals surface area contributed by atoms with Crippen LogP contribution in [0.5, 0.6) is 0 Å². The van der Waals surface area contributed by atoms with E-state index in [-0.39, 0.29) is 0 Å². The van der Waals surface area contributed by atoms with Crippen LogP contribution in [-0.4, -0.2) is 36.0 Å². The van der Waals surface area contributed by atoms with Gasteiger partial charge < -0.3 is 10.2 Å². The molecule has 2 saturated heterocycles. The van der Waals surface area contributed by atoms with Crippen molar-refractivity contribution in [2.45, 2.75) is 50.6 Å². The van der Waals surface area contributed by atoms with Gasteiger partial charge in [-0.2, -0.15) is 0 Å². The number of nitrogens with one attached hydrogen (secondary N) is 1. The fourth-order valence-corrected chi connectivity index (χ4v) is 4.98. The van der Waals surface area contributed by atoms with E-state index in [9.17, 15) is 4.79 Å². The predicted molar refractivity (Wildman–Crippen MR) is 95.9 cm³/mol. The number of carbonyl (C=O) groups excluding carboxylic acids is 1. The summed E-state index contributed by atoms with van der Waals surface area (Å²) in [5.74, 6) is 0.346. The zero-order valence-electron chi connectivity index (χ0n) is 13.5. The van der Waals surface area contributed by atoms with E-state index in [0.29, 0.717) is 24.4 Å². The lowest BCUT2D eigenvalue weighted by molar-refractivity contribution is -0.131. The molecule has 2 aliphatic rings. The molecule has 4 heteroatoms. The van der Waals surface area contributed by atoms with Gasteiger partial charge in [0.2, 0.25) is 5.91 Å². The molecule has 2 fully saturated rings. The highest BCUT2D eigenvalue weighted by Crippen LogP contribution is 2.27. The Morgan fingerprint density at radius 2 is 2.09 bits per heavy atom. The molecular formula is C19H24N2OS. The molecule has 23 heavy (non-hydrogen) atoms. The van der Waals surface area contributed by atoms with Crippen LogP contribution in [0.4, 0.5) is 0 Å². The first-order valence-electron chi connectivity index (χ1n) is 8.78. The van der Waals surface area contributed by atoms with Crippen LogP contribution in [-0.2, 0) is 11.2 Å². The summed E-state index contributed by atoms with van der Waals surface area (Å²) in [7, 11) is 0. The Kier molecular flexibility index (Phi) is 4.36. The van der Waals surface area contributed by atoms with Gasteiger partial charge in [-0.3, -0.25) is 4.79 Å². The minimum atomic E-state index is 0.346. The van der Waals surface area contributed by atoms with Gasteiger partial charge in [-0.1, -0.05) is 18.2 Å². The van der Waals surface area contributed by atoms with Crippen molar-refractivity contribution in [2.75, 3.05) is 13.1 Å².